The van der Waals surface area contributed by atoms with Gasteiger partial charge in [0.25, 0.3) is 0 Å². The molecule has 42 heavy (non-hydrogen) atoms. The maximum atomic E-state index is 14.8. The van der Waals surface area contributed by atoms with Crippen molar-refractivity contribution in [2.24, 2.45) is 56.2 Å². The molecule has 4 nitrogen and oxygen atoms in total. The first-order valence-corrected chi connectivity index (χ1v) is 17.5. The van der Waals surface area contributed by atoms with E-state index < -0.39 is 16.2 Å². The predicted octanol–water partition coefficient (Wildman–Crippen LogP) is 8.09. The molecule has 4 fully saturated rings. The number of Topliss-reactive ketones (excluding diaryl/α,β-unsaturated/α-hetero) is 2. The van der Waals surface area contributed by atoms with Crippen LogP contribution in [0.25, 0.3) is 0 Å². The van der Waals surface area contributed by atoms with Crippen LogP contribution in [0.3, 0.4) is 0 Å². The standard InChI is InChI=1S/C37H49NO3S/c1-32(2)15-17-37(23-42(41)25-11-9-8-10-12-25)18-16-36(7)30(26(37)21-32)27(39)19-29-34(5)20-24(22-38)31(40)33(3,4)28(34)13-14-35(29,36)6/h8-12,20,26,28-30H,13-19,21,23H2,1-7H3/t26?,28-,29+,30?,34-,35+,36+,37+,42?/m0/s1. The van der Waals surface area contributed by atoms with Gasteiger partial charge in [-0.25, -0.2) is 0 Å². The Morgan fingerprint density at radius 1 is 0.881 bits per heavy atom. The lowest BCUT2D eigenvalue weighted by molar-refractivity contribution is -0.220. The van der Waals surface area contributed by atoms with Gasteiger partial charge in [0.2, 0.25) is 0 Å². The Morgan fingerprint density at radius 3 is 2.21 bits per heavy atom. The molecule has 0 amide bonds. The van der Waals surface area contributed by atoms with E-state index in [0.717, 1.165) is 49.8 Å². The number of rotatable bonds is 3. The quantitative estimate of drug-likeness (QED) is 0.358. The minimum absolute atomic E-state index is 0.0411. The van der Waals surface area contributed by atoms with Crippen LogP contribution >= 0.6 is 0 Å². The van der Waals surface area contributed by atoms with Gasteiger partial charge in [0.05, 0.1) is 16.4 Å². The maximum Gasteiger partial charge on any atom is 0.178 e. The highest BCUT2D eigenvalue weighted by Crippen LogP contribution is 2.75. The summed E-state index contributed by atoms with van der Waals surface area (Å²) >= 11 is 0. The summed E-state index contributed by atoms with van der Waals surface area (Å²) in [6, 6.07) is 12.1. The van der Waals surface area contributed by atoms with Crippen LogP contribution in [0.4, 0.5) is 0 Å². The molecular formula is C37H49NO3S. The fraction of sp³-hybridized carbons (Fsp3) is 0.703. The average molecular weight is 588 g/mol. The number of nitriles is 1. The van der Waals surface area contributed by atoms with Gasteiger partial charge in [-0.2, -0.15) is 5.26 Å². The van der Waals surface area contributed by atoms with Crippen LogP contribution in [0.2, 0.25) is 0 Å². The Bertz CT molecular complexity index is 1420. The summed E-state index contributed by atoms with van der Waals surface area (Å²) in [5, 5.41) is 9.98. The van der Waals surface area contributed by atoms with Crippen LogP contribution < -0.4 is 0 Å². The molecule has 5 aliphatic rings. The zero-order chi connectivity index (χ0) is 30.5. The summed E-state index contributed by atoms with van der Waals surface area (Å²) < 4.78 is 13.8. The molecule has 226 valence electrons. The molecule has 0 radical (unpaired) electrons. The lowest BCUT2D eigenvalue weighted by Crippen LogP contribution is -2.69. The lowest BCUT2D eigenvalue weighted by Gasteiger charge is -2.72. The fourth-order valence-corrected chi connectivity index (χ4v) is 13.2. The Kier molecular flexibility index (Phi) is 6.76. The number of benzene rings is 1. The molecule has 0 bridgehead atoms. The summed E-state index contributed by atoms with van der Waals surface area (Å²) in [6.45, 7) is 15.9. The second kappa shape index (κ2) is 9.47. The number of ketones is 2. The van der Waals surface area contributed by atoms with Gasteiger partial charge in [0.15, 0.2) is 5.78 Å². The van der Waals surface area contributed by atoms with Crippen molar-refractivity contribution < 1.29 is 13.8 Å². The summed E-state index contributed by atoms with van der Waals surface area (Å²) in [4.78, 5) is 29.0. The summed E-state index contributed by atoms with van der Waals surface area (Å²) in [6.07, 6.45) is 9.57. The van der Waals surface area contributed by atoms with Gasteiger partial charge < -0.3 is 0 Å². The van der Waals surface area contributed by atoms with Gasteiger partial charge in [-0.1, -0.05) is 72.7 Å². The molecule has 0 saturated heterocycles. The molecule has 0 spiro atoms. The highest BCUT2D eigenvalue weighted by Gasteiger charge is 2.72. The van der Waals surface area contributed by atoms with Crippen molar-refractivity contribution in [3.05, 3.63) is 42.0 Å². The number of fused-ring (bicyclic) bond motifs is 7. The van der Waals surface area contributed by atoms with E-state index >= 15 is 0 Å². The summed E-state index contributed by atoms with van der Waals surface area (Å²) in [5.74, 6) is 1.36. The van der Waals surface area contributed by atoms with Crippen molar-refractivity contribution in [1.82, 2.24) is 0 Å². The summed E-state index contributed by atoms with van der Waals surface area (Å²) in [7, 11) is -1.10. The molecule has 0 heterocycles. The molecule has 0 N–H and O–H groups in total. The molecule has 0 aromatic heterocycles. The molecule has 5 heteroatoms. The number of carbonyl (C=O) groups is 2. The molecule has 5 aliphatic carbocycles. The number of allylic oxidation sites excluding steroid dienone is 2. The highest BCUT2D eigenvalue weighted by molar-refractivity contribution is 7.85. The first-order chi connectivity index (χ1) is 19.5. The van der Waals surface area contributed by atoms with Crippen LogP contribution in [0.5, 0.6) is 0 Å². The van der Waals surface area contributed by atoms with Gasteiger partial charge in [-0.05, 0) is 102 Å². The van der Waals surface area contributed by atoms with Crippen molar-refractivity contribution in [3.63, 3.8) is 0 Å². The van der Waals surface area contributed by atoms with E-state index in [-0.39, 0.29) is 62.1 Å². The van der Waals surface area contributed by atoms with E-state index in [2.05, 4.69) is 40.7 Å². The number of hydrogen-bond donors (Lipinski definition) is 0. The monoisotopic (exact) mass is 587 g/mol. The smallest absolute Gasteiger partial charge is 0.178 e. The Hall–Kier alpha value is -2.06. The normalized spacial score (nSPS) is 44.4. The third-order valence-corrected chi connectivity index (χ3v) is 15.7. The van der Waals surface area contributed by atoms with Gasteiger partial charge in [0, 0.05) is 28.4 Å². The van der Waals surface area contributed by atoms with Crippen molar-refractivity contribution in [2.75, 3.05) is 5.75 Å². The van der Waals surface area contributed by atoms with E-state index in [1.807, 2.05) is 50.3 Å². The third-order valence-electron chi connectivity index (χ3n) is 14.1. The Balaban J connectivity index is 1.43. The van der Waals surface area contributed by atoms with E-state index in [1.165, 1.54) is 0 Å². The third kappa shape index (κ3) is 3.99. The van der Waals surface area contributed by atoms with E-state index in [4.69, 9.17) is 0 Å². The number of nitrogens with zero attached hydrogens (tertiary/aromatic N) is 1. The van der Waals surface area contributed by atoms with E-state index in [1.54, 1.807) is 0 Å². The van der Waals surface area contributed by atoms with Gasteiger partial charge in [0.1, 0.15) is 11.9 Å². The molecule has 6 rings (SSSR count). The average Bonchev–Trinajstić information content (AvgIpc) is 2.93. The molecule has 3 unspecified atom stereocenters. The summed E-state index contributed by atoms with van der Waals surface area (Å²) in [5.41, 5.74) is -0.919. The first kappa shape index (κ1) is 30.0. The fourth-order valence-electron chi connectivity index (χ4n) is 11.6. The van der Waals surface area contributed by atoms with Crippen LogP contribution in [0.15, 0.2) is 46.9 Å². The highest BCUT2D eigenvalue weighted by atomic mass is 32.2. The van der Waals surface area contributed by atoms with Gasteiger partial charge in [-0.15, -0.1) is 0 Å². The second-order valence-corrected chi connectivity index (χ2v) is 18.3. The van der Waals surface area contributed by atoms with Crippen molar-refractivity contribution in [2.45, 2.75) is 105 Å². The molecule has 1 aromatic rings. The van der Waals surface area contributed by atoms with Gasteiger partial charge in [-0.3, -0.25) is 13.8 Å². The molecular weight excluding hydrogens is 538 g/mol. The zero-order valence-electron chi connectivity index (χ0n) is 26.7. The maximum absolute atomic E-state index is 14.8. The number of hydrogen-bond acceptors (Lipinski definition) is 4. The minimum atomic E-state index is -1.10. The second-order valence-electron chi connectivity index (χ2n) is 16.9. The lowest BCUT2D eigenvalue weighted by atomic mass is 9.31. The Morgan fingerprint density at radius 2 is 1.55 bits per heavy atom. The molecule has 0 aliphatic heterocycles. The van der Waals surface area contributed by atoms with Gasteiger partial charge >= 0.3 is 0 Å². The Labute approximate surface area is 255 Å². The minimum Gasteiger partial charge on any atom is -0.299 e. The zero-order valence-corrected chi connectivity index (χ0v) is 27.5. The van der Waals surface area contributed by atoms with Crippen molar-refractivity contribution in [1.29, 1.82) is 5.26 Å². The van der Waals surface area contributed by atoms with E-state index in [9.17, 15) is 19.1 Å². The number of carbonyl (C=O) groups excluding carboxylic acids is 2. The largest absolute Gasteiger partial charge is 0.299 e. The van der Waals surface area contributed by atoms with Crippen LogP contribution in [-0.2, 0) is 20.4 Å². The predicted molar refractivity (Wildman–Crippen MR) is 167 cm³/mol. The van der Waals surface area contributed by atoms with Crippen molar-refractivity contribution in [3.8, 4) is 6.07 Å². The van der Waals surface area contributed by atoms with E-state index in [0.29, 0.717) is 18.0 Å². The van der Waals surface area contributed by atoms with Crippen molar-refractivity contribution >= 4 is 22.4 Å². The first-order valence-electron chi connectivity index (χ1n) is 16.2. The van der Waals surface area contributed by atoms with Crippen LogP contribution in [-0.4, -0.2) is 21.5 Å². The molecule has 4 saturated carbocycles. The SMILES string of the molecule is CC1(C)CC[C@]2(CS(=O)c3ccccc3)CC[C@]3(C)C(C(=O)C[C@@H]4[C@@]5(C)C=C(C#N)C(=O)C(C)(C)[C@@H]5CC[C@]43C)C2C1. The topological polar surface area (TPSA) is 75.0 Å². The van der Waals surface area contributed by atoms with Crippen LogP contribution in [0, 0.1) is 67.5 Å². The van der Waals surface area contributed by atoms with Crippen LogP contribution in [0.1, 0.15) is 99.8 Å². The molecule has 9 atom stereocenters. The molecule has 1 aromatic carbocycles.